The number of thioether (sulfide) groups is 1. The molecule has 2 heterocycles. The molecule has 1 saturated heterocycles. The summed E-state index contributed by atoms with van der Waals surface area (Å²) in [4.78, 5) is 4.12. The first kappa shape index (κ1) is 7.17. The molecule has 11 heavy (non-hydrogen) atoms. The van der Waals surface area contributed by atoms with E-state index in [0.29, 0.717) is 0 Å². The van der Waals surface area contributed by atoms with Gasteiger partial charge < -0.3 is 0 Å². The summed E-state index contributed by atoms with van der Waals surface area (Å²) >= 11 is 2.06. The first-order valence-electron chi connectivity index (χ1n) is 3.98. The molecule has 0 saturated carbocycles. The topological polar surface area (TPSA) is 12.9 Å². The fourth-order valence-electron chi connectivity index (χ4n) is 1.41. The lowest BCUT2D eigenvalue weighted by atomic mass is 10.1. The summed E-state index contributed by atoms with van der Waals surface area (Å²) in [6.07, 6.45) is 6.52. The Morgan fingerprint density at radius 1 is 1.55 bits per heavy atom. The molecule has 58 valence electrons. The third-order valence-electron chi connectivity index (χ3n) is 1.99. The minimum atomic E-state index is 0.726. The number of nitrogens with zero attached hydrogens (tertiary/aromatic N) is 1. The van der Waals surface area contributed by atoms with E-state index in [9.17, 15) is 0 Å². The molecule has 0 amide bonds. The first-order valence-corrected chi connectivity index (χ1v) is 5.03. The normalized spacial score (nSPS) is 23.8. The van der Waals surface area contributed by atoms with Crippen LogP contribution < -0.4 is 0 Å². The van der Waals surface area contributed by atoms with Gasteiger partial charge in [-0.15, -0.1) is 0 Å². The second-order valence-corrected chi connectivity index (χ2v) is 4.10. The van der Waals surface area contributed by atoms with E-state index in [4.69, 9.17) is 0 Å². The summed E-state index contributed by atoms with van der Waals surface area (Å²) in [5.41, 5.74) is 1.40. The van der Waals surface area contributed by atoms with Crippen LogP contribution in [0.25, 0.3) is 0 Å². The van der Waals surface area contributed by atoms with E-state index in [2.05, 4.69) is 22.8 Å². The highest BCUT2D eigenvalue weighted by Gasteiger charge is 2.16. The third-order valence-corrected chi connectivity index (χ3v) is 3.42. The van der Waals surface area contributed by atoms with Crippen LogP contribution in [0, 0.1) is 0 Å². The van der Waals surface area contributed by atoms with Crippen LogP contribution in [0.15, 0.2) is 24.5 Å². The molecule has 1 fully saturated rings. The monoisotopic (exact) mass is 165 g/mol. The molecule has 0 radical (unpaired) electrons. The van der Waals surface area contributed by atoms with Crippen LogP contribution in [-0.2, 0) is 0 Å². The zero-order chi connectivity index (χ0) is 7.52. The second kappa shape index (κ2) is 3.26. The van der Waals surface area contributed by atoms with Crippen LogP contribution in [0.4, 0.5) is 0 Å². The zero-order valence-corrected chi connectivity index (χ0v) is 7.18. The molecule has 1 aliphatic rings. The van der Waals surface area contributed by atoms with Crippen molar-refractivity contribution < 1.29 is 0 Å². The van der Waals surface area contributed by atoms with Crippen LogP contribution in [0.5, 0.6) is 0 Å². The van der Waals surface area contributed by atoms with E-state index in [1.54, 1.807) is 0 Å². The van der Waals surface area contributed by atoms with Gasteiger partial charge in [0.05, 0.1) is 0 Å². The summed E-state index contributed by atoms with van der Waals surface area (Å²) in [6.45, 7) is 0. The van der Waals surface area contributed by atoms with E-state index in [1.807, 2.05) is 18.5 Å². The fourth-order valence-corrected chi connectivity index (χ4v) is 2.69. The molecule has 2 heteroatoms. The number of hydrogen-bond acceptors (Lipinski definition) is 2. The van der Waals surface area contributed by atoms with Crippen LogP contribution in [0.1, 0.15) is 23.7 Å². The largest absolute Gasteiger partial charge is 0.264 e. The van der Waals surface area contributed by atoms with Crippen molar-refractivity contribution in [3.63, 3.8) is 0 Å². The molecule has 0 N–H and O–H groups in total. The van der Waals surface area contributed by atoms with Crippen LogP contribution in [-0.4, -0.2) is 10.7 Å². The van der Waals surface area contributed by atoms with Crippen LogP contribution in [0.3, 0.4) is 0 Å². The summed E-state index contributed by atoms with van der Waals surface area (Å²) in [6, 6.07) is 4.20. The predicted octanol–water partition coefficient (Wildman–Crippen LogP) is 2.65. The summed E-state index contributed by atoms with van der Waals surface area (Å²) in [5, 5.41) is 0.726. The summed E-state index contributed by atoms with van der Waals surface area (Å²) in [5.74, 6) is 1.32. The van der Waals surface area contributed by atoms with E-state index in [1.165, 1.54) is 24.2 Å². The van der Waals surface area contributed by atoms with Gasteiger partial charge in [0.25, 0.3) is 0 Å². The highest BCUT2D eigenvalue weighted by atomic mass is 32.2. The van der Waals surface area contributed by atoms with Gasteiger partial charge in [-0.1, -0.05) is 6.07 Å². The van der Waals surface area contributed by atoms with E-state index >= 15 is 0 Å². The van der Waals surface area contributed by atoms with Gasteiger partial charge in [0.1, 0.15) is 0 Å². The maximum Gasteiger partial charge on any atom is 0.0312 e. The van der Waals surface area contributed by atoms with Gasteiger partial charge in [-0.25, -0.2) is 0 Å². The minimum absolute atomic E-state index is 0.726. The molecular formula is C9H11NS. The smallest absolute Gasteiger partial charge is 0.0312 e. The standard InChI is InChI=1S/C9H11NS/c1-3-8(7-10-5-1)9-4-2-6-11-9/h1,3,5,7,9H,2,4,6H2/t9-/m0/s1. The van der Waals surface area contributed by atoms with Gasteiger partial charge in [-0.3, -0.25) is 4.98 Å². The van der Waals surface area contributed by atoms with Crippen molar-refractivity contribution in [1.29, 1.82) is 0 Å². The Bertz CT molecular complexity index is 216. The molecule has 0 unspecified atom stereocenters. The second-order valence-electron chi connectivity index (χ2n) is 2.79. The van der Waals surface area contributed by atoms with Gasteiger partial charge in [0.15, 0.2) is 0 Å². The van der Waals surface area contributed by atoms with E-state index in [0.717, 1.165) is 5.25 Å². The summed E-state index contributed by atoms with van der Waals surface area (Å²) < 4.78 is 0. The lowest BCUT2D eigenvalue weighted by Gasteiger charge is -2.06. The van der Waals surface area contributed by atoms with Crippen LogP contribution in [0.2, 0.25) is 0 Å². The average Bonchev–Trinajstić information content (AvgIpc) is 2.58. The molecule has 2 rings (SSSR count). The van der Waals surface area contributed by atoms with Crippen molar-refractivity contribution in [3.05, 3.63) is 30.1 Å². The third kappa shape index (κ3) is 1.56. The number of aromatic nitrogens is 1. The molecule has 0 spiro atoms. The molecule has 0 bridgehead atoms. The Balaban J connectivity index is 2.16. The first-order chi connectivity index (χ1) is 5.47. The molecule has 1 aromatic rings. The summed E-state index contributed by atoms with van der Waals surface area (Å²) in [7, 11) is 0. The Morgan fingerprint density at radius 2 is 2.55 bits per heavy atom. The van der Waals surface area contributed by atoms with Gasteiger partial charge in [0, 0.05) is 17.6 Å². The van der Waals surface area contributed by atoms with Gasteiger partial charge in [-0.2, -0.15) is 11.8 Å². The lowest BCUT2D eigenvalue weighted by Crippen LogP contribution is -1.87. The van der Waals surface area contributed by atoms with E-state index < -0.39 is 0 Å². The molecule has 1 nitrogen and oxygen atoms in total. The zero-order valence-electron chi connectivity index (χ0n) is 6.36. The van der Waals surface area contributed by atoms with Crippen LogP contribution >= 0.6 is 11.8 Å². The number of rotatable bonds is 1. The minimum Gasteiger partial charge on any atom is -0.264 e. The Morgan fingerprint density at radius 3 is 3.18 bits per heavy atom. The average molecular weight is 165 g/mol. The molecule has 1 aliphatic heterocycles. The van der Waals surface area contributed by atoms with Crippen molar-refractivity contribution in [1.82, 2.24) is 4.98 Å². The highest BCUT2D eigenvalue weighted by molar-refractivity contribution is 7.99. The van der Waals surface area contributed by atoms with Crippen molar-refractivity contribution in [2.75, 3.05) is 5.75 Å². The predicted molar refractivity (Wildman–Crippen MR) is 48.7 cm³/mol. The van der Waals surface area contributed by atoms with Crippen molar-refractivity contribution in [2.24, 2.45) is 0 Å². The highest BCUT2D eigenvalue weighted by Crippen LogP contribution is 2.39. The Labute approximate surface area is 71.2 Å². The van der Waals surface area contributed by atoms with E-state index in [-0.39, 0.29) is 0 Å². The van der Waals surface area contributed by atoms with Gasteiger partial charge in [0.2, 0.25) is 0 Å². The van der Waals surface area contributed by atoms with Crippen molar-refractivity contribution in [3.8, 4) is 0 Å². The van der Waals surface area contributed by atoms with Crippen molar-refractivity contribution in [2.45, 2.75) is 18.1 Å². The van der Waals surface area contributed by atoms with Gasteiger partial charge in [-0.05, 0) is 30.2 Å². The molecule has 1 aromatic heterocycles. The number of hydrogen-bond donors (Lipinski definition) is 0. The number of pyridine rings is 1. The van der Waals surface area contributed by atoms with Crippen molar-refractivity contribution >= 4 is 11.8 Å². The lowest BCUT2D eigenvalue weighted by molar-refractivity contribution is 0.825. The van der Waals surface area contributed by atoms with Gasteiger partial charge >= 0.3 is 0 Å². The molecule has 1 atom stereocenters. The maximum atomic E-state index is 4.12. The Hall–Kier alpha value is -0.500. The Kier molecular flexibility index (Phi) is 2.13. The fraction of sp³-hybridized carbons (Fsp3) is 0.444. The molecule has 0 aliphatic carbocycles. The SMILES string of the molecule is c1cncc([C@@H]2CCCS2)c1. The molecule has 0 aromatic carbocycles. The quantitative estimate of drug-likeness (QED) is 0.634. The maximum absolute atomic E-state index is 4.12. The molecular weight excluding hydrogens is 154 g/mol.